The van der Waals surface area contributed by atoms with Crippen LogP contribution in [-0.2, 0) is 11.0 Å². The molecule has 134 valence electrons. The van der Waals surface area contributed by atoms with Crippen molar-refractivity contribution in [1.29, 1.82) is 0 Å². The van der Waals surface area contributed by atoms with Crippen LogP contribution in [0.25, 0.3) is 10.9 Å². The number of anilines is 1. The number of hydrogen-bond donors (Lipinski definition) is 1. The molecule has 0 saturated heterocycles. The second-order valence-electron chi connectivity index (χ2n) is 5.72. The molecule has 0 aliphatic rings. The van der Waals surface area contributed by atoms with Crippen molar-refractivity contribution in [3.63, 3.8) is 0 Å². The Morgan fingerprint density at radius 2 is 1.81 bits per heavy atom. The molecule has 0 fully saturated rings. The molecule has 26 heavy (non-hydrogen) atoms. The van der Waals surface area contributed by atoms with E-state index in [9.17, 15) is 22.4 Å². The van der Waals surface area contributed by atoms with Crippen LogP contribution in [0.3, 0.4) is 0 Å². The minimum Gasteiger partial charge on any atom is -0.324 e. The van der Waals surface area contributed by atoms with Crippen molar-refractivity contribution in [3.05, 3.63) is 71.9 Å². The highest BCUT2D eigenvalue weighted by molar-refractivity contribution is 6.00. The molecule has 0 aliphatic carbocycles. The van der Waals surface area contributed by atoms with Crippen molar-refractivity contribution >= 4 is 22.5 Å². The first-order valence-electron chi connectivity index (χ1n) is 7.79. The Labute approximate surface area is 146 Å². The number of para-hydroxylation sites is 1. The summed E-state index contributed by atoms with van der Waals surface area (Å²) in [6.45, 7) is 0. The fourth-order valence-corrected chi connectivity index (χ4v) is 2.60. The summed E-state index contributed by atoms with van der Waals surface area (Å²) in [5.74, 6) is -0.645. The van der Waals surface area contributed by atoms with Gasteiger partial charge in [-0.2, -0.15) is 13.2 Å². The van der Waals surface area contributed by atoms with Gasteiger partial charge in [0.05, 0.1) is 23.2 Å². The summed E-state index contributed by atoms with van der Waals surface area (Å²) in [5, 5.41) is 3.37. The van der Waals surface area contributed by atoms with Gasteiger partial charge in [-0.25, -0.2) is 4.39 Å². The van der Waals surface area contributed by atoms with E-state index in [-0.39, 0.29) is 5.56 Å². The van der Waals surface area contributed by atoms with Gasteiger partial charge in [-0.05, 0) is 29.8 Å². The van der Waals surface area contributed by atoms with Gasteiger partial charge in [-0.3, -0.25) is 9.78 Å². The van der Waals surface area contributed by atoms with Crippen molar-refractivity contribution in [1.82, 2.24) is 4.98 Å². The first kappa shape index (κ1) is 17.8. The van der Waals surface area contributed by atoms with Crippen LogP contribution in [0.1, 0.15) is 23.7 Å². The lowest BCUT2D eigenvalue weighted by Gasteiger charge is -2.13. The topological polar surface area (TPSA) is 42.0 Å². The SMILES string of the molecule is O=C(CC(F)c1cccc(C(F)(F)F)c1)Nc1cccc2cccnc12. The molecule has 1 unspecified atom stereocenters. The van der Waals surface area contributed by atoms with E-state index in [0.717, 1.165) is 23.6 Å². The highest BCUT2D eigenvalue weighted by atomic mass is 19.4. The van der Waals surface area contributed by atoms with E-state index in [1.165, 1.54) is 6.07 Å². The number of benzene rings is 2. The zero-order chi connectivity index (χ0) is 18.7. The van der Waals surface area contributed by atoms with Crippen LogP contribution >= 0.6 is 0 Å². The number of carbonyl (C=O) groups excluding carboxylic acids is 1. The maximum absolute atomic E-state index is 14.3. The molecule has 1 heterocycles. The van der Waals surface area contributed by atoms with E-state index in [2.05, 4.69) is 10.3 Å². The first-order valence-corrected chi connectivity index (χ1v) is 7.79. The van der Waals surface area contributed by atoms with E-state index in [4.69, 9.17) is 0 Å². The Morgan fingerprint density at radius 1 is 1.08 bits per heavy atom. The van der Waals surface area contributed by atoms with Gasteiger partial charge in [-0.1, -0.05) is 30.3 Å². The predicted octanol–water partition coefficient (Wildman–Crippen LogP) is 5.29. The van der Waals surface area contributed by atoms with Gasteiger partial charge in [0.2, 0.25) is 5.91 Å². The van der Waals surface area contributed by atoms with Crippen molar-refractivity contribution in [2.45, 2.75) is 18.8 Å². The highest BCUT2D eigenvalue weighted by Gasteiger charge is 2.31. The summed E-state index contributed by atoms with van der Waals surface area (Å²) in [7, 11) is 0. The number of fused-ring (bicyclic) bond motifs is 1. The normalized spacial score (nSPS) is 12.8. The van der Waals surface area contributed by atoms with E-state index < -0.39 is 30.2 Å². The van der Waals surface area contributed by atoms with Crippen LogP contribution in [0, 0.1) is 0 Å². The molecular formula is C19H14F4N2O. The third-order valence-electron chi connectivity index (χ3n) is 3.85. The third kappa shape index (κ3) is 3.99. The average molecular weight is 362 g/mol. The number of alkyl halides is 4. The molecular weight excluding hydrogens is 348 g/mol. The quantitative estimate of drug-likeness (QED) is 0.641. The van der Waals surface area contributed by atoms with Crippen LogP contribution < -0.4 is 5.32 Å². The molecule has 3 nitrogen and oxygen atoms in total. The van der Waals surface area contributed by atoms with Crippen LogP contribution in [0.2, 0.25) is 0 Å². The van der Waals surface area contributed by atoms with E-state index >= 15 is 0 Å². The molecule has 1 amide bonds. The van der Waals surface area contributed by atoms with Gasteiger partial charge < -0.3 is 5.32 Å². The molecule has 0 saturated carbocycles. The lowest BCUT2D eigenvalue weighted by molar-refractivity contribution is -0.137. The number of hydrogen-bond acceptors (Lipinski definition) is 2. The van der Waals surface area contributed by atoms with E-state index in [1.807, 2.05) is 12.1 Å². The molecule has 7 heteroatoms. The smallest absolute Gasteiger partial charge is 0.324 e. The van der Waals surface area contributed by atoms with Crippen molar-refractivity contribution in [2.75, 3.05) is 5.32 Å². The fraction of sp³-hybridized carbons (Fsp3) is 0.158. The summed E-state index contributed by atoms with van der Waals surface area (Å²) in [4.78, 5) is 16.3. The van der Waals surface area contributed by atoms with Crippen molar-refractivity contribution in [3.8, 4) is 0 Å². The number of halogens is 4. The Balaban J connectivity index is 1.74. The maximum atomic E-state index is 14.3. The largest absolute Gasteiger partial charge is 0.416 e. The summed E-state index contributed by atoms with van der Waals surface area (Å²) >= 11 is 0. The van der Waals surface area contributed by atoms with Gasteiger partial charge in [0.25, 0.3) is 0 Å². The van der Waals surface area contributed by atoms with Crippen molar-refractivity contribution in [2.24, 2.45) is 0 Å². The van der Waals surface area contributed by atoms with Crippen molar-refractivity contribution < 1.29 is 22.4 Å². The Morgan fingerprint density at radius 3 is 2.58 bits per heavy atom. The number of rotatable bonds is 4. The fourth-order valence-electron chi connectivity index (χ4n) is 2.60. The summed E-state index contributed by atoms with van der Waals surface area (Å²) in [6, 6.07) is 12.7. The average Bonchev–Trinajstić information content (AvgIpc) is 2.61. The molecule has 1 N–H and O–H groups in total. The number of nitrogens with zero attached hydrogens (tertiary/aromatic N) is 1. The zero-order valence-electron chi connectivity index (χ0n) is 13.4. The van der Waals surface area contributed by atoms with Crippen LogP contribution in [0.4, 0.5) is 23.2 Å². The Kier molecular flexibility index (Phi) is 4.88. The molecule has 0 spiro atoms. The summed E-state index contributed by atoms with van der Waals surface area (Å²) in [6.07, 6.45) is -5.43. The van der Waals surface area contributed by atoms with E-state index in [1.54, 1.807) is 24.4 Å². The molecule has 3 aromatic rings. The second-order valence-corrected chi connectivity index (χ2v) is 5.72. The van der Waals surface area contributed by atoms with Gasteiger partial charge in [0.1, 0.15) is 6.17 Å². The van der Waals surface area contributed by atoms with Crippen LogP contribution in [-0.4, -0.2) is 10.9 Å². The molecule has 1 aromatic heterocycles. The first-order chi connectivity index (χ1) is 12.3. The minimum atomic E-state index is -4.56. The molecule has 0 radical (unpaired) electrons. The lowest BCUT2D eigenvalue weighted by atomic mass is 10.0. The van der Waals surface area contributed by atoms with Gasteiger partial charge in [-0.15, -0.1) is 0 Å². The number of amides is 1. The molecule has 0 aliphatic heterocycles. The van der Waals surface area contributed by atoms with Gasteiger partial charge in [0.15, 0.2) is 0 Å². The highest BCUT2D eigenvalue weighted by Crippen LogP contribution is 2.32. The van der Waals surface area contributed by atoms with Crippen LogP contribution in [0.15, 0.2) is 60.8 Å². The summed E-state index contributed by atoms with van der Waals surface area (Å²) in [5.41, 5.74) is -0.162. The minimum absolute atomic E-state index is 0.189. The number of aromatic nitrogens is 1. The third-order valence-corrected chi connectivity index (χ3v) is 3.85. The number of carbonyl (C=O) groups is 1. The zero-order valence-corrected chi connectivity index (χ0v) is 13.4. The van der Waals surface area contributed by atoms with Gasteiger partial charge in [0, 0.05) is 11.6 Å². The standard InChI is InChI=1S/C19H14F4N2O/c20-15(13-5-1-7-14(10-13)19(21,22)23)11-17(26)25-16-8-2-4-12-6-3-9-24-18(12)16/h1-10,15H,11H2,(H,25,26). The molecule has 0 bridgehead atoms. The summed E-state index contributed by atoms with van der Waals surface area (Å²) < 4.78 is 52.5. The predicted molar refractivity (Wildman–Crippen MR) is 90.3 cm³/mol. The molecule has 2 aromatic carbocycles. The monoisotopic (exact) mass is 362 g/mol. The Bertz CT molecular complexity index is 935. The maximum Gasteiger partial charge on any atom is 0.416 e. The molecule has 1 atom stereocenters. The second kappa shape index (κ2) is 7.11. The van der Waals surface area contributed by atoms with Gasteiger partial charge >= 0.3 is 6.18 Å². The Hall–Kier alpha value is -2.96. The lowest BCUT2D eigenvalue weighted by Crippen LogP contribution is -2.15. The molecule has 3 rings (SSSR count). The number of pyridine rings is 1. The number of nitrogens with one attached hydrogen (secondary N) is 1. The van der Waals surface area contributed by atoms with Crippen LogP contribution in [0.5, 0.6) is 0 Å². The van der Waals surface area contributed by atoms with E-state index in [0.29, 0.717) is 11.2 Å².